The van der Waals surface area contributed by atoms with Crippen molar-refractivity contribution in [2.75, 3.05) is 32.8 Å². The fourth-order valence-corrected chi connectivity index (χ4v) is 3.12. The lowest BCUT2D eigenvalue weighted by Crippen LogP contribution is -2.52. The molecule has 0 saturated carbocycles. The Hall–Kier alpha value is -0.650. The Labute approximate surface area is 129 Å². The zero-order valence-corrected chi connectivity index (χ0v) is 13.9. The highest BCUT2D eigenvalue weighted by Gasteiger charge is 2.35. The number of likely N-dealkylation sites (N-methyl/N-ethyl adjacent to an activating group) is 2. The third-order valence-corrected chi connectivity index (χ3v) is 4.54. The molecular weight excluding hydrogens is 268 g/mol. The Balaban J connectivity index is 2.41. The van der Waals surface area contributed by atoms with Crippen molar-refractivity contribution < 1.29 is 14.6 Å². The molecule has 1 aliphatic rings. The SMILES string of the molecule is CCNC(CC)(CCCN(CC)CC1CCCO1)C(=O)O. The van der Waals surface area contributed by atoms with Crippen molar-refractivity contribution in [2.24, 2.45) is 0 Å². The Bertz CT molecular complexity index is 306. The van der Waals surface area contributed by atoms with Gasteiger partial charge in [-0.1, -0.05) is 20.8 Å². The molecule has 0 spiro atoms. The van der Waals surface area contributed by atoms with E-state index in [4.69, 9.17) is 4.74 Å². The van der Waals surface area contributed by atoms with Crippen molar-refractivity contribution in [3.8, 4) is 0 Å². The fourth-order valence-electron chi connectivity index (χ4n) is 3.12. The normalized spacial score (nSPS) is 21.6. The molecule has 0 bridgehead atoms. The average Bonchev–Trinajstić information content (AvgIpc) is 2.97. The number of hydrogen-bond acceptors (Lipinski definition) is 4. The van der Waals surface area contributed by atoms with Crippen LogP contribution in [0.25, 0.3) is 0 Å². The largest absolute Gasteiger partial charge is 0.480 e. The van der Waals surface area contributed by atoms with E-state index in [0.29, 0.717) is 25.5 Å². The van der Waals surface area contributed by atoms with E-state index in [1.165, 1.54) is 6.42 Å². The molecule has 1 saturated heterocycles. The van der Waals surface area contributed by atoms with Crippen LogP contribution in [-0.4, -0.2) is 60.4 Å². The summed E-state index contributed by atoms with van der Waals surface area (Å²) in [6, 6.07) is 0. The van der Waals surface area contributed by atoms with Gasteiger partial charge in [0.15, 0.2) is 0 Å². The van der Waals surface area contributed by atoms with Gasteiger partial charge in [0.05, 0.1) is 6.10 Å². The molecule has 0 aromatic rings. The van der Waals surface area contributed by atoms with Crippen LogP contribution in [0.4, 0.5) is 0 Å². The summed E-state index contributed by atoms with van der Waals surface area (Å²) in [5.74, 6) is -0.728. The van der Waals surface area contributed by atoms with E-state index in [2.05, 4.69) is 17.1 Å². The third kappa shape index (κ3) is 5.57. The summed E-state index contributed by atoms with van der Waals surface area (Å²) in [6.07, 6.45) is 4.88. The maximum atomic E-state index is 11.6. The number of carbonyl (C=O) groups is 1. The van der Waals surface area contributed by atoms with Gasteiger partial charge in [-0.2, -0.15) is 0 Å². The van der Waals surface area contributed by atoms with Crippen LogP contribution in [0.2, 0.25) is 0 Å². The fraction of sp³-hybridized carbons (Fsp3) is 0.938. The van der Waals surface area contributed by atoms with Crippen LogP contribution in [0.5, 0.6) is 0 Å². The van der Waals surface area contributed by atoms with Crippen molar-refractivity contribution in [3.63, 3.8) is 0 Å². The molecule has 0 amide bonds. The average molecular weight is 300 g/mol. The molecular formula is C16H32N2O3. The molecule has 0 aromatic heterocycles. The summed E-state index contributed by atoms with van der Waals surface area (Å²) in [5.41, 5.74) is -0.766. The molecule has 0 aliphatic carbocycles. The first-order valence-electron chi connectivity index (χ1n) is 8.40. The maximum absolute atomic E-state index is 11.6. The van der Waals surface area contributed by atoms with E-state index in [0.717, 1.165) is 39.1 Å². The van der Waals surface area contributed by atoms with Gasteiger partial charge in [-0.15, -0.1) is 0 Å². The van der Waals surface area contributed by atoms with E-state index in [9.17, 15) is 9.90 Å². The first-order chi connectivity index (χ1) is 10.1. The van der Waals surface area contributed by atoms with Crippen LogP contribution in [0, 0.1) is 0 Å². The van der Waals surface area contributed by atoms with Crippen LogP contribution in [0.15, 0.2) is 0 Å². The predicted molar refractivity (Wildman–Crippen MR) is 84.7 cm³/mol. The molecule has 2 unspecified atom stereocenters. The minimum atomic E-state index is -0.766. The van der Waals surface area contributed by atoms with Crippen LogP contribution < -0.4 is 5.32 Å². The minimum Gasteiger partial charge on any atom is -0.480 e. The van der Waals surface area contributed by atoms with Crippen LogP contribution >= 0.6 is 0 Å². The van der Waals surface area contributed by atoms with Gasteiger partial charge >= 0.3 is 5.97 Å². The molecule has 2 atom stereocenters. The van der Waals surface area contributed by atoms with Crippen molar-refractivity contribution in [3.05, 3.63) is 0 Å². The summed E-state index contributed by atoms with van der Waals surface area (Å²) in [4.78, 5) is 13.9. The highest BCUT2D eigenvalue weighted by molar-refractivity contribution is 5.78. The number of carboxylic acids is 1. The summed E-state index contributed by atoms with van der Waals surface area (Å²) in [7, 11) is 0. The number of hydrogen-bond donors (Lipinski definition) is 2. The van der Waals surface area contributed by atoms with Crippen molar-refractivity contribution in [2.45, 2.75) is 64.5 Å². The highest BCUT2D eigenvalue weighted by atomic mass is 16.5. The molecule has 0 radical (unpaired) electrons. The van der Waals surface area contributed by atoms with E-state index >= 15 is 0 Å². The monoisotopic (exact) mass is 300 g/mol. The van der Waals surface area contributed by atoms with E-state index in [1.807, 2.05) is 13.8 Å². The second-order valence-corrected chi connectivity index (χ2v) is 5.90. The van der Waals surface area contributed by atoms with Gasteiger partial charge in [-0.05, 0) is 51.7 Å². The zero-order valence-electron chi connectivity index (χ0n) is 13.9. The molecule has 2 N–H and O–H groups in total. The molecule has 5 heteroatoms. The standard InChI is InChI=1S/C16H32N2O3/c1-4-16(15(19)20,17-5-2)10-8-11-18(6-3)13-14-9-7-12-21-14/h14,17H,4-13H2,1-3H3,(H,19,20). The van der Waals surface area contributed by atoms with Crippen LogP contribution in [0.1, 0.15) is 52.9 Å². The summed E-state index contributed by atoms with van der Waals surface area (Å²) >= 11 is 0. The van der Waals surface area contributed by atoms with Gasteiger partial charge in [0.2, 0.25) is 0 Å². The molecule has 21 heavy (non-hydrogen) atoms. The second kappa shape index (κ2) is 9.38. The topological polar surface area (TPSA) is 61.8 Å². The van der Waals surface area contributed by atoms with Crippen molar-refractivity contribution in [1.82, 2.24) is 10.2 Å². The summed E-state index contributed by atoms with van der Waals surface area (Å²) < 4.78 is 5.68. The molecule has 1 aliphatic heterocycles. The van der Waals surface area contributed by atoms with Gasteiger partial charge in [-0.25, -0.2) is 0 Å². The smallest absolute Gasteiger partial charge is 0.323 e. The number of nitrogens with zero attached hydrogens (tertiary/aromatic N) is 1. The second-order valence-electron chi connectivity index (χ2n) is 5.90. The van der Waals surface area contributed by atoms with Crippen LogP contribution in [-0.2, 0) is 9.53 Å². The Morgan fingerprint density at radius 3 is 2.67 bits per heavy atom. The molecule has 1 heterocycles. The van der Waals surface area contributed by atoms with E-state index in [1.54, 1.807) is 0 Å². The number of ether oxygens (including phenoxy) is 1. The highest BCUT2D eigenvalue weighted by Crippen LogP contribution is 2.19. The quantitative estimate of drug-likeness (QED) is 0.612. The van der Waals surface area contributed by atoms with Crippen molar-refractivity contribution >= 4 is 5.97 Å². The lowest BCUT2D eigenvalue weighted by molar-refractivity contribution is -0.145. The molecule has 5 nitrogen and oxygen atoms in total. The third-order valence-electron chi connectivity index (χ3n) is 4.54. The summed E-state index contributed by atoms with van der Waals surface area (Å²) in [6.45, 7) is 10.6. The number of nitrogens with one attached hydrogen (secondary N) is 1. The number of rotatable bonds is 11. The Morgan fingerprint density at radius 2 is 2.19 bits per heavy atom. The van der Waals surface area contributed by atoms with Crippen LogP contribution in [0.3, 0.4) is 0 Å². The molecule has 1 rings (SSSR count). The van der Waals surface area contributed by atoms with E-state index in [-0.39, 0.29) is 0 Å². The van der Waals surface area contributed by atoms with Gasteiger partial charge in [-0.3, -0.25) is 4.79 Å². The first kappa shape index (κ1) is 18.4. The summed E-state index contributed by atoms with van der Waals surface area (Å²) in [5, 5.41) is 12.7. The van der Waals surface area contributed by atoms with Crippen molar-refractivity contribution in [1.29, 1.82) is 0 Å². The lowest BCUT2D eigenvalue weighted by Gasteiger charge is -2.30. The lowest BCUT2D eigenvalue weighted by atomic mass is 9.90. The maximum Gasteiger partial charge on any atom is 0.323 e. The number of aliphatic carboxylic acids is 1. The molecule has 1 fully saturated rings. The van der Waals surface area contributed by atoms with Gasteiger partial charge < -0.3 is 20.1 Å². The van der Waals surface area contributed by atoms with E-state index < -0.39 is 11.5 Å². The molecule has 0 aromatic carbocycles. The van der Waals surface area contributed by atoms with Gasteiger partial charge in [0.25, 0.3) is 0 Å². The Morgan fingerprint density at radius 1 is 1.43 bits per heavy atom. The minimum absolute atomic E-state index is 0.370. The predicted octanol–water partition coefficient (Wildman–Crippen LogP) is 2.11. The zero-order chi connectivity index (χ0) is 15.7. The molecule has 124 valence electrons. The van der Waals surface area contributed by atoms with Gasteiger partial charge in [0, 0.05) is 13.2 Å². The Kier molecular flexibility index (Phi) is 8.22. The number of carboxylic acid groups (broad SMARTS) is 1. The first-order valence-corrected chi connectivity index (χ1v) is 8.40. The van der Waals surface area contributed by atoms with Gasteiger partial charge in [0.1, 0.15) is 5.54 Å².